The van der Waals surface area contributed by atoms with Gasteiger partial charge in [-0.3, -0.25) is 0 Å². The molecule has 0 saturated carbocycles. The fraction of sp³-hybridized carbons (Fsp3) is 0.188. The summed E-state index contributed by atoms with van der Waals surface area (Å²) in [4.78, 5) is 10.7. The van der Waals surface area contributed by atoms with Crippen LogP contribution in [0.4, 0.5) is 0 Å². The number of rotatable bonds is 6. The number of carboxylic acid groups (broad SMARTS) is 1. The second-order valence-electron chi connectivity index (χ2n) is 4.44. The third kappa shape index (κ3) is 4.49. The second kappa shape index (κ2) is 7.13. The van der Waals surface area contributed by atoms with Gasteiger partial charge < -0.3 is 14.6 Å². The van der Waals surface area contributed by atoms with Gasteiger partial charge in [0.25, 0.3) is 0 Å². The van der Waals surface area contributed by atoms with Crippen LogP contribution in [0.5, 0.6) is 11.5 Å². The van der Waals surface area contributed by atoms with Crippen molar-refractivity contribution in [2.75, 3.05) is 13.2 Å². The summed E-state index contributed by atoms with van der Waals surface area (Å²) in [5.41, 5.74) is 1.30. The smallest absolute Gasteiger partial charge is 0.335 e. The van der Waals surface area contributed by atoms with E-state index < -0.39 is 5.97 Å². The van der Waals surface area contributed by atoms with Gasteiger partial charge in [-0.15, -0.1) is 0 Å². The Bertz CT molecular complexity index is 623. The molecule has 2 aromatic carbocycles. The van der Waals surface area contributed by atoms with Crippen molar-refractivity contribution in [3.63, 3.8) is 0 Å². The summed E-state index contributed by atoms with van der Waals surface area (Å²) in [5, 5.41) is 8.80. The van der Waals surface area contributed by atoms with E-state index >= 15 is 0 Å². The van der Waals surface area contributed by atoms with E-state index in [1.165, 1.54) is 12.1 Å². The molecule has 2 rings (SSSR count). The number of carboxylic acids is 1. The summed E-state index contributed by atoms with van der Waals surface area (Å²) in [7, 11) is 0. The predicted molar refractivity (Wildman–Crippen MR) is 83.3 cm³/mol. The molecule has 21 heavy (non-hydrogen) atoms. The van der Waals surface area contributed by atoms with E-state index in [0.29, 0.717) is 19.0 Å². The molecule has 0 fully saturated rings. The van der Waals surface area contributed by atoms with Crippen LogP contribution < -0.4 is 9.47 Å². The lowest BCUT2D eigenvalue weighted by molar-refractivity contribution is 0.0697. The number of benzene rings is 2. The minimum Gasteiger partial charge on any atom is -0.490 e. The van der Waals surface area contributed by atoms with Gasteiger partial charge in [-0.2, -0.15) is 0 Å². The van der Waals surface area contributed by atoms with Crippen molar-refractivity contribution in [1.82, 2.24) is 0 Å². The number of hydrogen-bond acceptors (Lipinski definition) is 3. The van der Waals surface area contributed by atoms with Gasteiger partial charge in [-0.25, -0.2) is 4.79 Å². The van der Waals surface area contributed by atoms with Gasteiger partial charge >= 0.3 is 5.97 Å². The fourth-order valence-electron chi connectivity index (χ4n) is 1.73. The summed E-state index contributed by atoms with van der Waals surface area (Å²) >= 11 is 3.40. The molecule has 4 nitrogen and oxygen atoms in total. The van der Waals surface area contributed by atoms with E-state index in [4.69, 9.17) is 14.6 Å². The van der Waals surface area contributed by atoms with Gasteiger partial charge in [-0.1, -0.05) is 22.0 Å². The van der Waals surface area contributed by atoms with Gasteiger partial charge in [0.1, 0.15) is 24.7 Å². The second-order valence-corrected chi connectivity index (χ2v) is 5.35. The normalized spacial score (nSPS) is 10.2. The molecule has 0 aliphatic carbocycles. The van der Waals surface area contributed by atoms with Crippen molar-refractivity contribution < 1.29 is 19.4 Å². The summed E-state index contributed by atoms with van der Waals surface area (Å²) in [6.07, 6.45) is 0. The maximum Gasteiger partial charge on any atom is 0.335 e. The number of ether oxygens (including phenoxy) is 2. The molecule has 0 aromatic heterocycles. The molecule has 0 aliphatic heterocycles. The fourth-order valence-corrected chi connectivity index (χ4v) is 2.07. The number of aryl methyl sites for hydroxylation is 1. The average molecular weight is 351 g/mol. The first kappa shape index (κ1) is 15.4. The Morgan fingerprint density at radius 2 is 1.76 bits per heavy atom. The lowest BCUT2D eigenvalue weighted by Gasteiger charge is -2.10. The monoisotopic (exact) mass is 350 g/mol. The number of hydrogen-bond donors (Lipinski definition) is 1. The van der Waals surface area contributed by atoms with Crippen molar-refractivity contribution in [3.8, 4) is 11.5 Å². The molecule has 5 heteroatoms. The molecular weight excluding hydrogens is 336 g/mol. The summed E-state index contributed by atoms with van der Waals surface area (Å²) < 4.78 is 12.1. The quantitative estimate of drug-likeness (QED) is 0.802. The van der Waals surface area contributed by atoms with Crippen molar-refractivity contribution in [2.24, 2.45) is 0 Å². The minimum atomic E-state index is -0.949. The van der Waals surface area contributed by atoms with Crippen LogP contribution in [0.1, 0.15) is 15.9 Å². The zero-order chi connectivity index (χ0) is 15.2. The van der Waals surface area contributed by atoms with E-state index in [1.54, 1.807) is 12.1 Å². The third-order valence-corrected chi connectivity index (χ3v) is 3.35. The minimum absolute atomic E-state index is 0.239. The van der Waals surface area contributed by atoms with Crippen LogP contribution in [-0.4, -0.2) is 24.3 Å². The first-order chi connectivity index (χ1) is 10.1. The molecule has 1 N–H and O–H groups in total. The van der Waals surface area contributed by atoms with Crippen LogP contribution in [0, 0.1) is 6.92 Å². The zero-order valence-corrected chi connectivity index (χ0v) is 13.1. The first-order valence-electron chi connectivity index (χ1n) is 6.41. The van der Waals surface area contributed by atoms with E-state index in [9.17, 15) is 4.79 Å². The highest BCUT2D eigenvalue weighted by Crippen LogP contribution is 2.22. The molecule has 0 saturated heterocycles. The molecular formula is C16H15BrO4. The Balaban J connectivity index is 1.81. The van der Waals surface area contributed by atoms with Gasteiger partial charge in [0, 0.05) is 4.47 Å². The lowest BCUT2D eigenvalue weighted by Crippen LogP contribution is -2.09. The number of carbonyl (C=O) groups is 1. The Morgan fingerprint density at radius 1 is 1.10 bits per heavy atom. The Morgan fingerprint density at radius 3 is 2.43 bits per heavy atom. The molecule has 0 aliphatic rings. The maximum atomic E-state index is 10.7. The van der Waals surface area contributed by atoms with Crippen LogP contribution in [0.15, 0.2) is 46.9 Å². The Labute approximate surface area is 131 Å². The van der Waals surface area contributed by atoms with E-state index in [-0.39, 0.29) is 5.56 Å². The van der Waals surface area contributed by atoms with Crippen molar-refractivity contribution in [3.05, 3.63) is 58.1 Å². The molecule has 0 spiro atoms. The van der Waals surface area contributed by atoms with E-state index in [0.717, 1.165) is 15.8 Å². The van der Waals surface area contributed by atoms with E-state index in [2.05, 4.69) is 15.9 Å². The predicted octanol–water partition coefficient (Wildman–Crippen LogP) is 3.91. The number of halogens is 1. The van der Waals surface area contributed by atoms with Crippen LogP contribution in [0.25, 0.3) is 0 Å². The maximum absolute atomic E-state index is 10.7. The van der Waals surface area contributed by atoms with Crippen molar-refractivity contribution in [1.29, 1.82) is 0 Å². The summed E-state index contributed by atoms with van der Waals surface area (Å²) in [6, 6.07) is 12.1. The van der Waals surface area contributed by atoms with E-state index in [1.807, 2.05) is 25.1 Å². The summed E-state index contributed by atoms with van der Waals surface area (Å²) in [6.45, 7) is 2.78. The highest BCUT2D eigenvalue weighted by molar-refractivity contribution is 9.10. The lowest BCUT2D eigenvalue weighted by atomic mass is 10.2. The van der Waals surface area contributed by atoms with Gasteiger partial charge in [-0.05, 0) is 48.9 Å². The molecule has 2 aromatic rings. The highest BCUT2D eigenvalue weighted by Gasteiger charge is 2.03. The third-order valence-electron chi connectivity index (χ3n) is 2.86. The molecule has 0 unspecified atom stereocenters. The van der Waals surface area contributed by atoms with Gasteiger partial charge in [0.15, 0.2) is 0 Å². The summed E-state index contributed by atoms with van der Waals surface area (Å²) in [5.74, 6) is 0.485. The molecule has 0 amide bonds. The Kier molecular flexibility index (Phi) is 5.22. The number of aromatic carboxylic acids is 1. The molecule has 0 heterocycles. The highest BCUT2D eigenvalue weighted by atomic mass is 79.9. The molecule has 0 bridgehead atoms. The van der Waals surface area contributed by atoms with Crippen LogP contribution in [0.2, 0.25) is 0 Å². The van der Waals surface area contributed by atoms with Crippen molar-refractivity contribution >= 4 is 21.9 Å². The van der Waals surface area contributed by atoms with Gasteiger partial charge in [0.2, 0.25) is 0 Å². The molecule has 0 radical (unpaired) electrons. The molecule has 110 valence electrons. The van der Waals surface area contributed by atoms with Crippen molar-refractivity contribution in [2.45, 2.75) is 6.92 Å². The van der Waals surface area contributed by atoms with Crippen LogP contribution in [0.3, 0.4) is 0 Å². The Hall–Kier alpha value is -2.01. The van der Waals surface area contributed by atoms with Crippen LogP contribution >= 0.6 is 15.9 Å². The standard InChI is InChI=1S/C16H15BrO4/c1-11-2-5-13(17)10-15(11)21-9-8-20-14-6-3-12(4-7-14)16(18)19/h2-7,10H,8-9H2,1H3,(H,18,19). The largest absolute Gasteiger partial charge is 0.490 e. The molecule has 0 atom stereocenters. The van der Waals surface area contributed by atoms with Gasteiger partial charge in [0.05, 0.1) is 5.56 Å². The average Bonchev–Trinajstić information content (AvgIpc) is 2.47. The SMILES string of the molecule is Cc1ccc(Br)cc1OCCOc1ccc(C(=O)O)cc1. The zero-order valence-electron chi connectivity index (χ0n) is 11.5. The first-order valence-corrected chi connectivity index (χ1v) is 7.20. The van der Waals surface area contributed by atoms with Crippen LogP contribution in [-0.2, 0) is 0 Å². The topological polar surface area (TPSA) is 55.8 Å².